The molecule has 0 aromatic carbocycles. The highest BCUT2D eigenvalue weighted by Gasteiger charge is 2.28. The monoisotopic (exact) mass is 424 g/mol. The summed E-state index contributed by atoms with van der Waals surface area (Å²) in [5.41, 5.74) is 0. The van der Waals surface area contributed by atoms with Crippen molar-refractivity contribution in [3.8, 4) is 0 Å². The number of thioether (sulfide) groups is 1. The van der Waals surface area contributed by atoms with Gasteiger partial charge in [-0.2, -0.15) is 11.8 Å². The van der Waals surface area contributed by atoms with E-state index in [1.165, 1.54) is 0 Å². The van der Waals surface area contributed by atoms with Crippen LogP contribution in [-0.4, -0.2) is 56.3 Å². The van der Waals surface area contributed by atoms with Crippen molar-refractivity contribution < 1.29 is 0 Å². The van der Waals surface area contributed by atoms with E-state index in [1.54, 1.807) is 0 Å². The second-order valence-corrected chi connectivity index (χ2v) is 7.46. The molecule has 0 bridgehead atoms. The molecule has 2 rings (SSSR count). The van der Waals surface area contributed by atoms with Gasteiger partial charge in [0.05, 0.1) is 6.54 Å². The lowest BCUT2D eigenvalue weighted by molar-refractivity contribution is 0.375. The molecule has 1 saturated heterocycles. The Morgan fingerprint density at radius 1 is 1.43 bits per heavy atom. The summed E-state index contributed by atoms with van der Waals surface area (Å²) in [5, 5.41) is 11.6. The lowest BCUT2D eigenvalue weighted by Crippen LogP contribution is -2.50. The van der Waals surface area contributed by atoms with Crippen LogP contribution >= 0.6 is 35.7 Å². The number of hydrogen-bond acceptors (Lipinski definition) is 4. The quantitative estimate of drug-likeness (QED) is 0.445. The zero-order valence-corrected chi connectivity index (χ0v) is 16.5. The van der Waals surface area contributed by atoms with Gasteiger partial charge in [-0.1, -0.05) is 0 Å². The van der Waals surface area contributed by atoms with Crippen LogP contribution in [0, 0.1) is 6.92 Å². The van der Waals surface area contributed by atoms with Crippen LogP contribution in [0.4, 0.5) is 0 Å². The van der Waals surface area contributed by atoms with Gasteiger partial charge in [0.1, 0.15) is 5.82 Å². The van der Waals surface area contributed by atoms with Gasteiger partial charge in [0.15, 0.2) is 11.8 Å². The summed E-state index contributed by atoms with van der Waals surface area (Å²) in [6.45, 7) is 9.21. The van der Waals surface area contributed by atoms with E-state index < -0.39 is 0 Å². The Bertz CT molecular complexity index is 499. The van der Waals surface area contributed by atoms with E-state index in [-0.39, 0.29) is 28.7 Å². The molecule has 1 N–H and O–H groups in total. The van der Waals surface area contributed by atoms with Crippen molar-refractivity contribution >= 4 is 41.7 Å². The van der Waals surface area contributed by atoms with Crippen LogP contribution in [0.1, 0.15) is 25.5 Å². The Hall–Kier alpha value is -0.510. The number of aryl methyl sites for hydroxylation is 1. The fourth-order valence-electron chi connectivity index (χ4n) is 2.29. The van der Waals surface area contributed by atoms with Gasteiger partial charge in [-0.05, 0) is 20.8 Å². The minimum atomic E-state index is 0. The Balaban J connectivity index is 0.00000220. The first kappa shape index (κ1) is 18.5. The molecule has 0 radical (unpaired) electrons. The van der Waals surface area contributed by atoms with Crippen LogP contribution < -0.4 is 5.32 Å². The van der Waals surface area contributed by atoms with Crippen molar-refractivity contribution in [2.75, 3.05) is 25.9 Å². The van der Waals surface area contributed by atoms with Gasteiger partial charge in [-0.3, -0.25) is 4.99 Å². The number of aromatic nitrogens is 3. The number of aliphatic imine (C=N–C) groups is 1. The van der Waals surface area contributed by atoms with Crippen molar-refractivity contribution in [3.63, 3.8) is 0 Å². The maximum atomic E-state index is 4.39. The standard InChI is InChI=1S/C13H24N6S.HI/c1-10-16-17-11(18(10)5)8-15-12(14-4)19-6-7-20-13(2,3)9-19;/h6-9H2,1-5H3,(H,14,15);1H. The number of rotatable bonds is 2. The average Bonchev–Trinajstić information content (AvgIpc) is 2.70. The molecule has 0 atom stereocenters. The fraction of sp³-hybridized carbons (Fsp3) is 0.769. The number of guanidine groups is 1. The third-order valence-electron chi connectivity index (χ3n) is 3.52. The average molecular weight is 424 g/mol. The third-order valence-corrected chi connectivity index (χ3v) is 4.82. The minimum Gasteiger partial charge on any atom is -0.349 e. The number of nitrogens with zero attached hydrogens (tertiary/aromatic N) is 5. The highest BCUT2D eigenvalue weighted by molar-refractivity contribution is 14.0. The molecule has 8 heteroatoms. The topological polar surface area (TPSA) is 58.3 Å². The molecular formula is C13H25IN6S. The number of hydrogen-bond donors (Lipinski definition) is 1. The lowest BCUT2D eigenvalue weighted by Gasteiger charge is -2.39. The van der Waals surface area contributed by atoms with E-state index in [0.29, 0.717) is 6.54 Å². The van der Waals surface area contributed by atoms with Gasteiger partial charge in [0, 0.05) is 37.7 Å². The highest BCUT2D eigenvalue weighted by Crippen LogP contribution is 2.29. The number of halogens is 1. The maximum Gasteiger partial charge on any atom is 0.194 e. The highest BCUT2D eigenvalue weighted by atomic mass is 127. The van der Waals surface area contributed by atoms with Crippen molar-refractivity contribution in [2.24, 2.45) is 12.0 Å². The molecule has 1 aromatic heterocycles. The molecule has 21 heavy (non-hydrogen) atoms. The fourth-order valence-corrected chi connectivity index (χ4v) is 3.40. The van der Waals surface area contributed by atoms with Crippen LogP contribution in [-0.2, 0) is 13.6 Å². The Kier molecular flexibility index (Phi) is 6.76. The molecule has 0 spiro atoms. The summed E-state index contributed by atoms with van der Waals surface area (Å²) >= 11 is 2.02. The predicted molar refractivity (Wildman–Crippen MR) is 99.5 cm³/mol. The van der Waals surface area contributed by atoms with E-state index in [2.05, 4.69) is 39.3 Å². The van der Waals surface area contributed by atoms with Crippen LogP contribution in [0.3, 0.4) is 0 Å². The molecule has 1 fully saturated rings. The van der Waals surface area contributed by atoms with Gasteiger partial charge in [-0.15, -0.1) is 34.2 Å². The summed E-state index contributed by atoms with van der Waals surface area (Å²) in [7, 11) is 3.81. The third kappa shape index (κ3) is 4.73. The smallest absolute Gasteiger partial charge is 0.194 e. The maximum absolute atomic E-state index is 4.39. The Labute approximate surface area is 148 Å². The largest absolute Gasteiger partial charge is 0.349 e. The van der Waals surface area contributed by atoms with E-state index >= 15 is 0 Å². The molecule has 1 aliphatic rings. The Morgan fingerprint density at radius 2 is 2.14 bits per heavy atom. The van der Waals surface area contributed by atoms with Gasteiger partial charge >= 0.3 is 0 Å². The van der Waals surface area contributed by atoms with Gasteiger partial charge < -0.3 is 14.8 Å². The van der Waals surface area contributed by atoms with Gasteiger partial charge in [0.25, 0.3) is 0 Å². The number of nitrogens with one attached hydrogen (secondary N) is 1. The normalized spacial score (nSPS) is 18.3. The second kappa shape index (κ2) is 7.66. The second-order valence-electron chi connectivity index (χ2n) is 5.65. The summed E-state index contributed by atoms with van der Waals surface area (Å²) in [5.74, 6) is 3.93. The lowest BCUT2D eigenvalue weighted by atomic mass is 10.2. The van der Waals surface area contributed by atoms with E-state index in [1.807, 2.05) is 37.3 Å². The molecule has 0 saturated carbocycles. The summed E-state index contributed by atoms with van der Waals surface area (Å²) in [4.78, 5) is 6.71. The zero-order chi connectivity index (χ0) is 14.8. The summed E-state index contributed by atoms with van der Waals surface area (Å²) in [6, 6.07) is 0. The van der Waals surface area contributed by atoms with Crippen molar-refractivity contribution in [2.45, 2.75) is 32.1 Å². The summed E-state index contributed by atoms with van der Waals surface area (Å²) < 4.78 is 2.27. The molecule has 2 heterocycles. The molecule has 1 aromatic rings. The van der Waals surface area contributed by atoms with E-state index in [0.717, 1.165) is 36.5 Å². The van der Waals surface area contributed by atoms with Crippen LogP contribution in [0.15, 0.2) is 4.99 Å². The molecule has 6 nitrogen and oxygen atoms in total. The molecule has 0 aliphatic carbocycles. The molecular weight excluding hydrogens is 399 g/mol. The van der Waals surface area contributed by atoms with Gasteiger partial charge in [0.2, 0.25) is 0 Å². The van der Waals surface area contributed by atoms with Crippen molar-refractivity contribution in [3.05, 3.63) is 11.6 Å². The Morgan fingerprint density at radius 3 is 2.67 bits per heavy atom. The van der Waals surface area contributed by atoms with Crippen LogP contribution in [0.2, 0.25) is 0 Å². The molecule has 120 valence electrons. The van der Waals surface area contributed by atoms with Gasteiger partial charge in [-0.25, -0.2) is 0 Å². The first-order valence-corrected chi connectivity index (χ1v) is 7.86. The van der Waals surface area contributed by atoms with E-state index in [9.17, 15) is 0 Å². The van der Waals surface area contributed by atoms with Crippen molar-refractivity contribution in [1.29, 1.82) is 0 Å². The molecule has 1 aliphatic heterocycles. The zero-order valence-electron chi connectivity index (χ0n) is 13.4. The van der Waals surface area contributed by atoms with Crippen molar-refractivity contribution in [1.82, 2.24) is 25.0 Å². The predicted octanol–water partition coefficient (Wildman–Crippen LogP) is 1.64. The SMILES string of the molecule is CN=C(NCc1nnc(C)n1C)N1CCSC(C)(C)C1.I. The summed E-state index contributed by atoms with van der Waals surface area (Å²) in [6.07, 6.45) is 0. The molecule has 0 amide bonds. The molecule has 0 unspecified atom stereocenters. The van der Waals surface area contributed by atoms with Crippen LogP contribution in [0.25, 0.3) is 0 Å². The van der Waals surface area contributed by atoms with Crippen LogP contribution in [0.5, 0.6) is 0 Å². The van der Waals surface area contributed by atoms with E-state index in [4.69, 9.17) is 0 Å². The minimum absolute atomic E-state index is 0. The first-order valence-electron chi connectivity index (χ1n) is 6.87. The first-order chi connectivity index (χ1) is 9.43.